The minimum atomic E-state index is 0.636. The predicted molar refractivity (Wildman–Crippen MR) is 44.2 cm³/mol. The Kier molecular flexibility index (Phi) is 2.69. The van der Waals surface area contributed by atoms with E-state index >= 15 is 0 Å². The molecule has 0 aromatic rings. The molecule has 0 radical (unpaired) electrons. The highest BCUT2D eigenvalue weighted by Crippen LogP contribution is 2.06. The van der Waals surface area contributed by atoms with Gasteiger partial charge in [-0.15, -0.1) is 0 Å². The summed E-state index contributed by atoms with van der Waals surface area (Å²) in [5.41, 5.74) is 0. The van der Waals surface area contributed by atoms with E-state index in [0.717, 1.165) is 6.04 Å². The predicted octanol–water partition coefficient (Wildman–Crippen LogP) is 0.688. The van der Waals surface area contributed by atoms with Crippen molar-refractivity contribution in [3.63, 3.8) is 0 Å². The van der Waals surface area contributed by atoms with Gasteiger partial charge in [-0.25, -0.2) is 0 Å². The lowest BCUT2D eigenvalue weighted by atomic mass is 10.2. The fraction of sp³-hybridized carbons (Fsp3) is 1.00. The van der Waals surface area contributed by atoms with E-state index in [1.807, 2.05) is 0 Å². The molecule has 0 aromatic heterocycles. The first-order valence-corrected chi connectivity index (χ1v) is 4.13. The largest absolute Gasteiger partial charge is 0.310 e. The van der Waals surface area contributed by atoms with E-state index < -0.39 is 0 Å². The van der Waals surface area contributed by atoms with Crippen LogP contribution in [0.15, 0.2) is 0 Å². The van der Waals surface area contributed by atoms with Crippen LogP contribution in [-0.4, -0.2) is 37.1 Å². The molecule has 0 spiro atoms. The first-order chi connectivity index (χ1) is 4.68. The fourth-order valence-corrected chi connectivity index (χ4v) is 1.54. The number of likely N-dealkylation sites (N-methyl/N-ethyl adjacent to an activating group) is 1. The van der Waals surface area contributed by atoms with Crippen LogP contribution in [0, 0.1) is 0 Å². The Morgan fingerprint density at radius 3 is 2.60 bits per heavy atom. The molecular weight excluding hydrogens is 124 g/mol. The van der Waals surface area contributed by atoms with Gasteiger partial charge in [0.05, 0.1) is 0 Å². The summed E-state index contributed by atoms with van der Waals surface area (Å²) in [6.45, 7) is 6.89. The van der Waals surface area contributed by atoms with Crippen LogP contribution in [0.3, 0.4) is 0 Å². The molecule has 0 saturated carbocycles. The van der Waals surface area contributed by atoms with Crippen molar-refractivity contribution in [1.29, 1.82) is 0 Å². The molecule has 1 saturated heterocycles. The van der Waals surface area contributed by atoms with E-state index in [0.29, 0.717) is 6.04 Å². The van der Waals surface area contributed by atoms with Crippen LogP contribution in [0.5, 0.6) is 0 Å². The number of hydrogen-bond donors (Lipinski definition) is 1. The summed E-state index contributed by atoms with van der Waals surface area (Å²) in [5.74, 6) is 0. The van der Waals surface area contributed by atoms with E-state index in [1.54, 1.807) is 0 Å². The molecular formula is C8H18N2. The topological polar surface area (TPSA) is 15.3 Å². The van der Waals surface area contributed by atoms with Gasteiger partial charge in [0, 0.05) is 18.6 Å². The van der Waals surface area contributed by atoms with Crippen molar-refractivity contribution in [2.24, 2.45) is 0 Å². The zero-order chi connectivity index (χ0) is 7.56. The number of likely N-dealkylation sites (tertiary alicyclic amines) is 1. The summed E-state index contributed by atoms with van der Waals surface area (Å²) in [4.78, 5) is 2.38. The van der Waals surface area contributed by atoms with Crippen molar-refractivity contribution >= 4 is 0 Å². The second kappa shape index (κ2) is 3.35. The molecule has 0 bridgehead atoms. The van der Waals surface area contributed by atoms with Crippen LogP contribution in [0.2, 0.25) is 0 Å². The van der Waals surface area contributed by atoms with Gasteiger partial charge in [-0.05, 0) is 20.0 Å². The number of nitrogens with zero attached hydrogens (tertiary/aromatic N) is 1. The third-order valence-corrected chi connectivity index (χ3v) is 1.96. The summed E-state index contributed by atoms with van der Waals surface area (Å²) in [6, 6.07) is 1.38. The molecule has 1 N–H and O–H groups in total. The maximum atomic E-state index is 3.53. The summed E-state index contributed by atoms with van der Waals surface area (Å²) in [6.07, 6.45) is 1.31. The second-order valence-corrected chi connectivity index (χ2v) is 3.57. The van der Waals surface area contributed by atoms with Gasteiger partial charge in [0.2, 0.25) is 0 Å². The van der Waals surface area contributed by atoms with Crippen LogP contribution in [0.4, 0.5) is 0 Å². The summed E-state index contributed by atoms with van der Waals surface area (Å²) >= 11 is 0. The smallest absolute Gasteiger partial charge is 0.0209 e. The van der Waals surface area contributed by atoms with E-state index in [4.69, 9.17) is 0 Å². The SMILES string of the molecule is CC(C)NC1CCN(C)C1. The van der Waals surface area contributed by atoms with E-state index in [9.17, 15) is 0 Å². The number of nitrogens with one attached hydrogen (secondary N) is 1. The van der Waals surface area contributed by atoms with Crippen LogP contribution in [0.1, 0.15) is 20.3 Å². The van der Waals surface area contributed by atoms with Crippen LogP contribution >= 0.6 is 0 Å². The minimum Gasteiger partial charge on any atom is -0.310 e. The molecule has 1 aliphatic rings. The third-order valence-electron chi connectivity index (χ3n) is 1.96. The molecule has 0 aliphatic carbocycles. The lowest BCUT2D eigenvalue weighted by Crippen LogP contribution is -2.36. The molecule has 60 valence electrons. The second-order valence-electron chi connectivity index (χ2n) is 3.57. The lowest BCUT2D eigenvalue weighted by molar-refractivity contribution is 0.389. The Morgan fingerprint density at radius 2 is 2.20 bits per heavy atom. The molecule has 1 rings (SSSR count). The average Bonchev–Trinajstić information content (AvgIpc) is 2.13. The highest BCUT2D eigenvalue weighted by atomic mass is 15.2. The highest BCUT2D eigenvalue weighted by Gasteiger charge is 2.18. The van der Waals surface area contributed by atoms with Gasteiger partial charge in [-0.2, -0.15) is 0 Å². The summed E-state index contributed by atoms with van der Waals surface area (Å²) < 4.78 is 0. The van der Waals surface area contributed by atoms with Gasteiger partial charge in [0.25, 0.3) is 0 Å². The Labute approximate surface area is 63.6 Å². The van der Waals surface area contributed by atoms with Gasteiger partial charge in [0.1, 0.15) is 0 Å². The molecule has 1 fully saturated rings. The fourth-order valence-electron chi connectivity index (χ4n) is 1.54. The van der Waals surface area contributed by atoms with Crippen molar-refractivity contribution < 1.29 is 0 Å². The van der Waals surface area contributed by atoms with Crippen molar-refractivity contribution in [2.45, 2.75) is 32.4 Å². The molecule has 1 aliphatic heterocycles. The number of hydrogen-bond acceptors (Lipinski definition) is 2. The Morgan fingerprint density at radius 1 is 1.50 bits per heavy atom. The molecule has 2 heteroatoms. The normalized spacial score (nSPS) is 28.2. The van der Waals surface area contributed by atoms with E-state index in [2.05, 4.69) is 31.1 Å². The van der Waals surface area contributed by atoms with Crippen molar-refractivity contribution in [2.75, 3.05) is 20.1 Å². The average molecular weight is 142 g/mol. The van der Waals surface area contributed by atoms with Crippen LogP contribution in [0.25, 0.3) is 0 Å². The maximum Gasteiger partial charge on any atom is 0.0209 e. The van der Waals surface area contributed by atoms with E-state index in [-0.39, 0.29) is 0 Å². The zero-order valence-corrected chi connectivity index (χ0v) is 7.22. The van der Waals surface area contributed by atoms with Gasteiger partial charge < -0.3 is 10.2 Å². The van der Waals surface area contributed by atoms with Crippen LogP contribution in [-0.2, 0) is 0 Å². The van der Waals surface area contributed by atoms with Crippen LogP contribution < -0.4 is 5.32 Å². The quantitative estimate of drug-likeness (QED) is 0.610. The molecule has 2 nitrogen and oxygen atoms in total. The van der Waals surface area contributed by atoms with Gasteiger partial charge in [0.15, 0.2) is 0 Å². The molecule has 1 unspecified atom stereocenters. The van der Waals surface area contributed by atoms with Gasteiger partial charge in [-0.1, -0.05) is 13.8 Å². The molecule has 1 heterocycles. The van der Waals surface area contributed by atoms with E-state index in [1.165, 1.54) is 19.5 Å². The van der Waals surface area contributed by atoms with Crippen molar-refractivity contribution in [3.8, 4) is 0 Å². The summed E-state index contributed by atoms with van der Waals surface area (Å²) in [5, 5.41) is 3.53. The minimum absolute atomic E-state index is 0.636. The monoisotopic (exact) mass is 142 g/mol. The molecule has 1 atom stereocenters. The zero-order valence-electron chi connectivity index (χ0n) is 7.22. The molecule has 0 amide bonds. The summed E-state index contributed by atoms with van der Waals surface area (Å²) in [7, 11) is 2.18. The third kappa shape index (κ3) is 2.27. The number of rotatable bonds is 2. The maximum absolute atomic E-state index is 3.53. The lowest BCUT2D eigenvalue weighted by Gasteiger charge is -2.15. The van der Waals surface area contributed by atoms with Gasteiger partial charge >= 0.3 is 0 Å². The first kappa shape index (κ1) is 8.02. The first-order valence-electron chi connectivity index (χ1n) is 4.13. The van der Waals surface area contributed by atoms with Crippen molar-refractivity contribution in [1.82, 2.24) is 10.2 Å². The Bertz CT molecular complexity index is 101. The van der Waals surface area contributed by atoms with Gasteiger partial charge in [-0.3, -0.25) is 0 Å². The Hall–Kier alpha value is -0.0800. The molecule has 0 aromatic carbocycles. The standard InChI is InChI=1S/C8H18N2/c1-7(2)9-8-4-5-10(3)6-8/h7-9H,4-6H2,1-3H3. The highest BCUT2D eigenvalue weighted by molar-refractivity contribution is 4.79. The van der Waals surface area contributed by atoms with Crippen molar-refractivity contribution in [3.05, 3.63) is 0 Å². The Balaban J connectivity index is 2.18. The molecule has 10 heavy (non-hydrogen) atoms.